The van der Waals surface area contributed by atoms with Gasteiger partial charge in [0, 0.05) is 38.8 Å². The lowest BCUT2D eigenvalue weighted by molar-refractivity contribution is 0.121. The van der Waals surface area contributed by atoms with E-state index in [1.165, 1.54) is 5.56 Å². The summed E-state index contributed by atoms with van der Waals surface area (Å²) in [5.74, 6) is 2.37. The number of hydrogen-bond donors (Lipinski definition) is 0. The van der Waals surface area contributed by atoms with Crippen molar-refractivity contribution in [1.82, 2.24) is 30.0 Å². The van der Waals surface area contributed by atoms with Crippen LogP contribution >= 0.6 is 0 Å². The molecule has 0 amide bonds. The molecule has 1 aromatic heterocycles. The quantitative estimate of drug-likeness (QED) is 0.552. The standard InChI is InChI=1S/C23H30N6O2/c1-27-11-13-28(14-12-27)22(19-15-20(30-2)17-21(16-19)31-3)23-24-25-26-29(23)10-9-18-7-5-4-6-8-18/h4-8,15-17,22H,9-14H2,1-3H3. The number of hydrogen-bond acceptors (Lipinski definition) is 7. The van der Waals surface area contributed by atoms with Crippen molar-refractivity contribution in [2.24, 2.45) is 0 Å². The maximum absolute atomic E-state index is 5.54. The summed E-state index contributed by atoms with van der Waals surface area (Å²) in [6.07, 6.45) is 0.871. The van der Waals surface area contributed by atoms with Gasteiger partial charge in [-0.1, -0.05) is 30.3 Å². The van der Waals surface area contributed by atoms with Gasteiger partial charge in [0.1, 0.15) is 11.5 Å². The van der Waals surface area contributed by atoms with Crippen LogP contribution in [-0.4, -0.2) is 77.5 Å². The highest BCUT2D eigenvalue weighted by atomic mass is 16.5. The van der Waals surface area contributed by atoms with Gasteiger partial charge in [-0.25, -0.2) is 4.68 Å². The molecule has 0 N–H and O–H groups in total. The zero-order valence-corrected chi connectivity index (χ0v) is 18.4. The van der Waals surface area contributed by atoms with Crippen LogP contribution in [0.4, 0.5) is 0 Å². The largest absolute Gasteiger partial charge is 0.497 e. The van der Waals surface area contributed by atoms with E-state index in [4.69, 9.17) is 9.47 Å². The van der Waals surface area contributed by atoms with Crippen LogP contribution in [0.2, 0.25) is 0 Å². The summed E-state index contributed by atoms with van der Waals surface area (Å²) >= 11 is 0. The second-order valence-corrected chi connectivity index (χ2v) is 7.88. The monoisotopic (exact) mass is 422 g/mol. The fourth-order valence-corrected chi connectivity index (χ4v) is 4.04. The van der Waals surface area contributed by atoms with E-state index < -0.39 is 0 Å². The van der Waals surface area contributed by atoms with Crippen LogP contribution in [0.25, 0.3) is 0 Å². The van der Waals surface area contributed by atoms with Crippen LogP contribution in [0, 0.1) is 0 Å². The van der Waals surface area contributed by atoms with Crippen molar-refractivity contribution in [2.45, 2.75) is 19.0 Å². The molecule has 8 nitrogen and oxygen atoms in total. The Balaban J connectivity index is 1.68. The molecule has 1 aliphatic rings. The van der Waals surface area contributed by atoms with Crippen molar-refractivity contribution in [3.63, 3.8) is 0 Å². The zero-order valence-electron chi connectivity index (χ0n) is 18.4. The van der Waals surface area contributed by atoms with Crippen molar-refractivity contribution in [2.75, 3.05) is 47.4 Å². The van der Waals surface area contributed by atoms with Gasteiger partial charge in [-0.2, -0.15) is 0 Å². The predicted octanol–water partition coefficient (Wildman–Crippen LogP) is 2.27. The molecule has 8 heteroatoms. The molecule has 164 valence electrons. The fraction of sp³-hybridized carbons (Fsp3) is 0.435. The summed E-state index contributed by atoms with van der Waals surface area (Å²) in [7, 11) is 5.51. The number of rotatable bonds is 8. The van der Waals surface area contributed by atoms with Gasteiger partial charge >= 0.3 is 0 Å². The SMILES string of the molecule is COc1cc(OC)cc(C(c2nnnn2CCc2ccccc2)N2CCN(C)CC2)c1. The minimum Gasteiger partial charge on any atom is -0.497 e. The Kier molecular flexibility index (Phi) is 6.79. The lowest BCUT2D eigenvalue weighted by Crippen LogP contribution is -2.46. The molecule has 1 fully saturated rings. The van der Waals surface area contributed by atoms with E-state index in [-0.39, 0.29) is 6.04 Å². The first-order valence-corrected chi connectivity index (χ1v) is 10.6. The second kappa shape index (κ2) is 9.89. The number of aromatic nitrogens is 4. The van der Waals surface area contributed by atoms with E-state index in [0.717, 1.165) is 62.0 Å². The molecule has 1 unspecified atom stereocenters. The second-order valence-electron chi connectivity index (χ2n) is 7.88. The van der Waals surface area contributed by atoms with Gasteiger partial charge in [-0.15, -0.1) is 5.10 Å². The van der Waals surface area contributed by atoms with Gasteiger partial charge in [0.25, 0.3) is 0 Å². The molecule has 0 spiro atoms. The van der Waals surface area contributed by atoms with Gasteiger partial charge in [0.05, 0.1) is 20.3 Å². The number of ether oxygens (including phenoxy) is 2. The number of benzene rings is 2. The molecule has 31 heavy (non-hydrogen) atoms. The smallest absolute Gasteiger partial charge is 0.173 e. The highest BCUT2D eigenvalue weighted by Crippen LogP contribution is 2.33. The van der Waals surface area contributed by atoms with E-state index in [2.05, 4.69) is 68.8 Å². The maximum atomic E-state index is 5.54. The highest BCUT2D eigenvalue weighted by molar-refractivity contribution is 5.41. The summed E-state index contributed by atoms with van der Waals surface area (Å²) in [5.41, 5.74) is 2.33. The molecule has 2 heterocycles. The van der Waals surface area contributed by atoms with E-state index >= 15 is 0 Å². The van der Waals surface area contributed by atoms with Crippen molar-refractivity contribution in [3.8, 4) is 11.5 Å². The fourth-order valence-electron chi connectivity index (χ4n) is 4.04. The molecule has 1 atom stereocenters. The number of piperazine rings is 1. The van der Waals surface area contributed by atoms with E-state index in [9.17, 15) is 0 Å². The summed E-state index contributed by atoms with van der Waals surface area (Å²) in [4.78, 5) is 4.79. The molecular weight excluding hydrogens is 392 g/mol. The Morgan fingerprint density at radius 1 is 0.935 bits per heavy atom. The molecule has 0 aliphatic carbocycles. The number of methoxy groups -OCH3 is 2. The van der Waals surface area contributed by atoms with Crippen LogP contribution in [0.3, 0.4) is 0 Å². The Morgan fingerprint density at radius 3 is 2.26 bits per heavy atom. The summed E-state index contributed by atoms with van der Waals surface area (Å²) < 4.78 is 13.0. The topological polar surface area (TPSA) is 68.5 Å². The van der Waals surface area contributed by atoms with E-state index in [0.29, 0.717) is 0 Å². The zero-order chi connectivity index (χ0) is 21.6. The third kappa shape index (κ3) is 5.03. The Bertz CT molecular complexity index is 947. The van der Waals surface area contributed by atoms with Crippen molar-refractivity contribution in [1.29, 1.82) is 0 Å². The number of aryl methyl sites for hydroxylation is 2. The average molecular weight is 423 g/mol. The molecule has 0 bridgehead atoms. The van der Waals surface area contributed by atoms with Gasteiger partial charge in [-0.05, 0) is 47.2 Å². The molecule has 0 radical (unpaired) electrons. The lowest BCUT2D eigenvalue weighted by Gasteiger charge is -2.37. The summed E-state index contributed by atoms with van der Waals surface area (Å²) in [5, 5.41) is 12.8. The molecule has 4 rings (SSSR count). The number of nitrogens with zero attached hydrogens (tertiary/aromatic N) is 6. The van der Waals surface area contributed by atoms with Crippen molar-refractivity contribution in [3.05, 3.63) is 65.5 Å². The molecule has 3 aromatic rings. The van der Waals surface area contributed by atoms with Crippen molar-refractivity contribution < 1.29 is 9.47 Å². The first kappa shape index (κ1) is 21.3. The Labute approximate surface area is 183 Å². The normalized spacial score (nSPS) is 16.2. The van der Waals surface area contributed by atoms with Crippen molar-refractivity contribution >= 4 is 0 Å². The van der Waals surface area contributed by atoms with Crippen LogP contribution in [0.1, 0.15) is 23.0 Å². The maximum Gasteiger partial charge on any atom is 0.173 e. The van der Waals surface area contributed by atoms with Gasteiger partial charge < -0.3 is 14.4 Å². The Hall–Kier alpha value is -2.97. The molecule has 2 aromatic carbocycles. The molecule has 0 saturated carbocycles. The average Bonchev–Trinajstić information content (AvgIpc) is 3.27. The first-order chi connectivity index (χ1) is 15.2. The number of tetrazole rings is 1. The Morgan fingerprint density at radius 2 is 1.61 bits per heavy atom. The minimum atomic E-state index is -0.0801. The van der Waals surface area contributed by atoms with Crippen LogP contribution in [0.15, 0.2) is 48.5 Å². The molecular formula is C23H30N6O2. The highest BCUT2D eigenvalue weighted by Gasteiger charge is 2.30. The predicted molar refractivity (Wildman–Crippen MR) is 118 cm³/mol. The summed E-state index contributed by atoms with van der Waals surface area (Å²) in [6.45, 7) is 4.60. The van der Waals surface area contributed by atoms with Gasteiger partial charge in [0.2, 0.25) is 0 Å². The van der Waals surface area contributed by atoms with E-state index in [1.54, 1.807) is 14.2 Å². The third-order valence-corrected chi connectivity index (χ3v) is 5.85. The molecule has 1 aliphatic heterocycles. The van der Waals surface area contributed by atoms with Gasteiger partial charge in [-0.3, -0.25) is 4.90 Å². The van der Waals surface area contributed by atoms with Crippen LogP contribution in [-0.2, 0) is 13.0 Å². The minimum absolute atomic E-state index is 0.0801. The summed E-state index contributed by atoms with van der Waals surface area (Å²) in [6, 6.07) is 16.3. The van der Waals surface area contributed by atoms with Gasteiger partial charge in [0.15, 0.2) is 5.82 Å². The van der Waals surface area contributed by atoms with E-state index in [1.807, 2.05) is 16.8 Å². The van der Waals surface area contributed by atoms with Crippen LogP contribution in [0.5, 0.6) is 11.5 Å². The third-order valence-electron chi connectivity index (χ3n) is 5.85. The lowest BCUT2D eigenvalue weighted by atomic mass is 10.0. The van der Waals surface area contributed by atoms with Crippen LogP contribution < -0.4 is 9.47 Å². The number of likely N-dealkylation sites (N-methyl/N-ethyl adjacent to an activating group) is 1. The first-order valence-electron chi connectivity index (χ1n) is 10.6. The molecule has 1 saturated heterocycles.